The summed E-state index contributed by atoms with van der Waals surface area (Å²) < 4.78 is 0. The number of hydrogen-bond donors (Lipinski definition) is 2. The Hall–Kier alpha value is -0.910. The predicted molar refractivity (Wildman–Crippen MR) is 91.0 cm³/mol. The third-order valence-electron chi connectivity index (χ3n) is 4.28. The van der Waals surface area contributed by atoms with Crippen LogP contribution >= 0.6 is 11.3 Å². The van der Waals surface area contributed by atoms with Gasteiger partial charge in [-0.3, -0.25) is 9.69 Å². The number of hydrogen-bond acceptors (Lipinski definition) is 4. The van der Waals surface area contributed by atoms with Crippen LogP contribution in [-0.2, 0) is 4.79 Å². The summed E-state index contributed by atoms with van der Waals surface area (Å²) in [6.07, 6.45) is 5.90. The highest BCUT2D eigenvalue weighted by Crippen LogP contribution is 2.28. The normalized spacial score (nSPS) is 21.3. The van der Waals surface area contributed by atoms with Crippen molar-refractivity contribution in [3.63, 3.8) is 0 Å². The minimum atomic E-state index is -0.413. The van der Waals surface area contributed by atoms with Gasteiger partial charge in [0.2, 0.25) is 5.91 Å². The van der Waals surface area contributed by atoms with E-state index in [2.05, 4.69) is 17.1 Å². The number of nitrogens with zero attached hydrogens (tertiary/aromatic N) is 1. The van der Waals surface area contributed by atoms with Crippen LogP contribution in [0.15, 0.2) is 17.5 Å². The molecule has 1 saturated heterocycles. The van der Waals surface area contributed by atoms with E-state index in [1.165, 1.54) is 12.8 Å². The average molecular weight is 324 g/mol. The molecule has 0 aliphatic carbocycles. The minimum absolute atomic E-state index is 0.111. The Balaban J connectivity index is 1.93. The van der Waals surface area contributed by atoms with E-state index >= 15 is 0 Å². The van der Waals surface area contributed by atoms with E-state index in [0.717, 1.165) is 43.6 Å². The molecule has 0 radical (unpaired) electrons. The average Bonchev–Trinajstić information content (AvgIpc) is 2.97. The lowest BCUT2D eigenvalue weighted by Gasteiger charge is -2.30. The van der Waals surface area contributed by atoms with Gasteiger partial charge in [0.05, 0.1) is 12.6 Å². The van der Waals surface area contributed by atoms with Gasteiger partial charge in [-0.25, -0.2) is 0 Å². The van der Waals surface area contributed by atoms with E-state index in [9.17, 15) is 9.90 Å². The van der Waals surface area contributed by atoms with Crippen LogP contribution in [-0.4, -0.2) is 41.6 Å². The van der Waals surface area contributed by atoms with E-state index in [-0.39, 0.29) is 5.91 Å². The fraction of sp³-hybridized carbons (Fsp3) is 0.706. The van der Waals surface area contributed by atoms with Crippen LogP contribution in [0.4, 0.5) is 0 Å². The monoisotopic (exact) mass is 324 g/mol. The standard InChI is InChI=1S/C17H28N2O2S/c1-2-9-18-17(21)13-19-10-5-3-4-7-14(19)12-15(20)16-8-6-11-22-16/h6,8,11,14-15,20H,2-5,7,9-10,12-13H2,1H3,(H,18,21). The fourth-order valence-electron chi connectivity index (χ4n) is 3.07. The summed E-state index contributed by atoms with van der Waals surface area (Å²) in [4.78, 5) is 15.3. The van der Waals surface area contributed by atoms with Crippen molar-refractivity contribution in [1.82, 2.24) is 10.2 Å². The molecular weight excluding hydrogens is 296 g/mol. The molecular formula is C17H28N2O2S. The molecule has 1 aliphatic heterocycles. The molecule has 5 heteroatoms. The summed E-state index contributed by atoms with van der Waals surface area (Å²) in [5.41, 5.74) is 0. The Kier molecular flexibility index (Phi) is 7.36. The topological polar surface area (TPSA) is 52.6 Å². The Morgan fingerprint density at radius 1 is 1.50 bits per heavy atom. The zero-order valence-electron chi connectivity index (χ0n) is 13.5. The second-order valence-electron chi connectivity index (χ2n) is 6.09. The molecule has 4 nitrogen and oxygen atoms in total. The van der Waals surface area contributed by atoms with Crippen LogP contribution in [0.3, 0.4) is 0 Å². The molecule has 1 amide bonds. The van der Waals surface area contributed by atoms with Gasteiger partial charge < -0.3 is 10.4 Å². The van der Waals surface area contributed by atoms with Gasteiger partial charge in [-0.05, 0) is 43.7 Å². The van der Waals surface area contributed by atoms with Crippen molar-refractivity contribution >= 4 is 17.2 Å². The lowest BCUT2D eigenvalue weighted by atomic mass is 10.0. The molecule has 1 aliphatic rings. The lowest BCUT2D eigenvalue weighted by Crippen LogP contribution is -2.43. The quantitative estimate of drug-likeness (QED) is 0.811. The van der Waals surface area contributed by atoms with Gasteiger partial charge in [0.25, 0.3) is 0 Å². The summed E-state index contributed by atoms with van der Waals surface area (Å²) in [7, 11) is 0. The van der Waals surface area contributed by atoms with Crippen molar-refractivity contribution < 1.29 is 9.90 Å². The zero-order chi connectivity index (χ0) is 15.8. The minimum Gasteiger partial charge on any atom is -0.388 e. The SMILES string of the molecule is CCCNC(=O)CN1CCCCCC1CC(O)c1cccs1. The van der Waals surface area contributed by atoms with Gasteiger partial charge in [0, 0.05) is 17.5 Å². The van der Waals surface area contributed by atoms with Crippen molar-refractivity contribution in [3.05, 3.63) is 22.4 Å². The first kappa shape index (κ1) is 17.4. The van der Waals surface area contributed by atoms with Crippen molar-refractivity contribution in [2.45, 2.75) is 57.6 Å². The number of aliphatic hydroxyl groups is 1. The number of likely N-dealkylation sites (tertiary alicyclic amines) is 1. The van der Waals surface area contributed by atoms with Crippen LogP contribution in [0, 0.1) is 0 Å². The molecule has 2 N–H and O–H groups in total. The van der Waals surface area contributed by atoms with Crippen molar-refractivity contribution in [2.75, 3.05) is 19.6 Å². The van der Waals surface area contributed by atoms with Crippen LogP contribution in [0.2, 0.25) is 0 Å². The summed E-state index contributed by atoms with van der Waals surface area (Å²) in [5, 5.41) is 15.4. The highest BCUT2D eigenvalue weighted by Gasteiger charge is 2.26. The number of aliphatic hydroxyl groups excluding tert-OH is 1. The molecule has 1 aromatic heterocycles. The van der Waals surface area contributed by atoms with E-state index in [4.69, 9.17) is 0 Å². The molecule has 0 spiro atoms. The molecule has 1 fully saturated rings. The third kappa shape index (κ3) is 5.38. The number of thiophene rings is 1. The molecule has 1 aromatic rings. The molecule has 2 rings (SSSR count). The fourth-order valence-corrected chi connectivity index (χ4v) is 3.80. The van der Waals surface area contributed by atoms with Crippen LogP contribution in [0.25, 0.3) is 0 Å². The van der Waals surface area contributed by atoms with E-state index < -0.39 is 6.10 Å². The van der Waals surface area contributed by atoms with E-state index in [1.54, 1.807) is 11.3 Å². The van der Waals surface area contributed by atoms with Gasteiger partial charge in [-0.2, -0.15) is 0 Å². The lowest BCUT2D eigenvalue weighted by molar-refractivity contribution is -0.123. The number of nitrogens with one attached hydrogen (secondary N) is 1. The Labute approximate surface area is 137 Å². The molecule has 0 bridgehead atoms. The van der Waals surface area contributed by atoms with Crippen molar-refractivity contribution in [3.8, 4) is 0 Å². The van der Waals surface area contributed by atoms with E-state index in [0.29, 0.717) is 12.6 Å². The highest BCUT2D eigenvalue weighted by molar-refractivity contribution is 7.10. The number of carbonyl (C=O) groups is 1. The van der Waals surface area contributed by atoms with Crippen LogP contribution < -0.4 is 5.32 Å². The second kappa shape index (κ2) is 9.28. The molecule has 0 aromatic carbocycles. The molecule has 2 unspecified atom stereocenters. The van der Waals surface area contributed by atoms with Crippen LogP contribution in [0.5, 0.6) is 0 Å². The molecule has 0 saturated carbocycles. The zero-order valence-corrected chi connectivity index (χ0v) is 14.3. The number of carbonyl (C=O) groups excluding carboxylic acids is 1. The van der Waals surface area contributed by atoms with E-state index in [1.807, 2.05) is 17.5 Å². The smallest absolute Gasteiger partial charge is 0.234 e. The second-order valence-corrected chi connectivity index (χ2v) is 7.07. The number of amides is 1. The maximum atomic E-state index is 12.0. The largest absolute Gasteiger partial charge is 0.388 e. The summed E-state index contributed by atoms with van der Waals surface area (Å²) in [6, 6.07) is 4.27. The third-order valence-corrected chi connectivity index (χ3v) is 5.26. The first-order valence-electron chi connectivity index (χ1n) is 8.43. The van der Waals surface area contributed by atoms with Gasteiger partial charge in [0.15, 0.2) is 0 Å². The molecule has 2 atom stereocenters. The summed E-state index contributed by atoms with van der Waals surface area (Å²) in [6.45, 7) is 4.23. The Bertz CT molecular complexity index is 436. The van der Waals surface area contributed by atoms with Gasteiger partial charge >= 0.3 is 0 Å². The van der Waals surface area contributed by atoms with Crippen molar-refractivity contribution in [1.29, 1.82) is 0 Å². The Morgan fingerprint density at radius 3 is 3.09 bits per heavy atom. The summed E-state index contributed by atoms with van der Waals surface area (Å²) >= 11 is 1.60. The predicted octanol–water partition coefficient (Wildman–Crippen LogP) is 2.94. The maximum Gasteiger partial charge on any atom is 0.234 e. The maximum absolute atomic E-state index is 12.0. The van der Waals surface area contributed by atoms with Gasteiger partial charge in [-0.1, -0.05) is 25.8 Å². The Morgan fingerprint density at radius 2 is 2.36 bits per heavy atom. The molecule has 124 valence electrons. The summed E-state index contributed by atoms with van der Waals surface area (Å²) in [5.74, 6) is 0.111. The molecule has 22 heavy (non-hydrogen) atoms. The number of rotatable bonds is 7. The first-order chi connectivity index (χ1) is 10.7. The van der Waals surface area contributed by atoms with Gasteiger partial charge in [-0.15, -0.1) is 11.3 Å². The molecule has 2 heterocycles. The van der Waals surface area contributed by atoms with Crippen LogP contribution in [0.1, 0.15) is 56.4 Å². The first-order valence-corrected chi connectivity index (χ1v) is 9.31. The highest BCUT2D eigenvalue weighted by atomic mass is 32.1. The van der Waals surface area contributed by atoms with Gasteiger partial charge in [0.1, 0.15) is 0 Å². The van der Waals surface area contributed by atoms with Crippen molar-refractivity contribution in [2.24, 2.45) is 0 Å².